The molecule has 1 aliphatic rings. The number of carbonyl (C=O) groups excluding carboxylic acids is 1. The largest absolute Gasteiger partial charge is 0.472 e. The van der Waals surface area contributed by atoms with E-state index in [1.165, 1.54) is 70.6 Å². The third-order valence-electron chi connectivity index (χ3n) is 11.4. The number of allylic oxidation sites excluding steroid dienone is 16. The van der Waals surface area contributed by atoms with Gasteiger partial charge in [0.15, 0.2) is 0 Å². The van der Waals surface area contributed by atoms with Crippen molar-refractivity contribution >= 4 is 13.8 Å². The molecule has 0 amide bonds. The molecule has 1 fully saturated rings. The van der Waals surface area contributed by atoms with Crippen LogP contribution in [0.5, 0.6) is 0 Å². The molecule has 0 aromatic rings. The molecule has 1 rings (SSSR count). The number of ether oxygens (including phenoxy) is 2. The molecular formula is C55H93O12P. The topological polar surface area (TPSA) is 192 Å². The fraction of sp³-hybridized carbons (Fsp3) is 0.691. The van der Waals surface area contributed by atoms with Crippen LogP contribution in [0.4, 0.5) is 0 Å². The van der Waals surface area contributed by atoms with E-state index in [1.807, 2.05) is 12.2 Å². The first-order valence-corrected chi connectivity index (χ1v) is 27.6. The minimum absolute atomic E-state index is 0.0998. The number of unbranched alkanes of at least 4 members (excludes halogenated alkanes) is 15. The van der Waals surface area contributed by atoms with Gasteiger partial charge in [0, 0.05) is 13.0 Å². The average Bonchev–Trinajstić information content (AvgIpc) is 3.32. The predicted octanol–water partition coefficient (Wildman–Crippen LogP) is 11.9. The van der Waals surface area contributed by atoms with Gasteiger partial charge in [0.2, 0.25) is 0 Å². The summed E-state index contributed by atoms with van der Waals surface area (Å²) in [5.74, 6) is -0.538. The number of rotatable bonds is 43. The Morgan fingerprint density at radius 1 is 0.485 bits per heavy atom. The Kier molecular flexibility index (Phi) is 41.1. The van der Waals surface area contributed by atoms with E-state index in [9.17, 15) is 39.8 Å². The summed E-state index contributed by atoms with van der Waals surface area (Å²) in [6.45, 7) is 4.07. The summed E-state index contributed by atoms with van der Waals surface area (Å²) in [6, 6.07) is 0. The van der Waals surface area contributed by atoms with Gasteiger partial charge in [0.1, 0.15) is 42.7 Å². The van der Waals surface area contributed by atoms with Crippen LogP contribution in [0.2, 0.25) is 0 Å². The zero-order valence-electron chi connectivity index (χ0n) is 41.9. The van der Waals surface area contributed by atoms with E-state index in [2.05, 4.69) is 98.9 Å². The van der Waals surface area contributed by atoms with Gasteiger partial charge in [-0.2, -0.15) is 0 Å². The molecule has 0 aromatic carbocycles. The van der Waals surface area contributed by atoms with Crippen molar-refractivity contribution in [1.29, 1.82) is 0 Å². The van der Waals surface area contributed by atoms with Crippen LogP contribution in [0.25, 0.3) is 0 Å². The van der Waals surface area contributed by atoms with E-state index in [-0.39, 0.29) is 13.0 Å². The summed E-state index contributed by atoms with van der Waals surface area (Å²) in [7, 11) is -5.05. The van der Waals surface area contributed by atoms with Crippen LogP contribution in [-0.4, -0.2) is 98.9 Å². The molecule has 390 valence electrons. The quantitative estimate of drug-likeness (QED) is 0.0147. The number of aliphatic hydroxyl groups is 5. The lowest BCUT2D eigenvalue weighted by Crippen LogP contribution is -2.64. The lowest BCUT2D eigenvalue weighted by Gasteiger charge is -2.41. The van der Waals surface area contributed by atoms with Crippen molar-refractivity contribution < 1.29 is 58.3 Å². The molecule has 1 aliphatic carbocycles. The van der Waals surface area contributed by atoms with Crippen molar-refractivity contribution in [2.24, 2.45) is 0 Å². The SMILES string of the molecule is CC/C=C\C/C=C\C/C=C\C/C=C\C/C=C\C/C=C\C/C=C\CCCC(=O)OC(COCCCCCCCCCC/C=C\CCCCCCCC)COP(=O)(O)OC1C(O)C(O)C(O)C(O)C1O. The maximum atomic E-state index is 12.9. The highest BCUT2D eigenvalue weighted by Gasteiger charge is 2.51. The molecule has 0 saturated heterocycles. The Hall–Kier alpha value is -2.74. The molecular weight excluding hydrogens is 884 g/mol. The highest BCUT2D eigenvalue weighted by atomic mass is 31.2. The summed E-state index contributed by atoms with van der Waals surface area (Å²) < 4.78 is 34.2. The summed E-state index contributed by atoms with van der Waals surface area (Å²) >= 11 is 0. The lowest BCUT2D eigenvalue weighted by atomic mass is 9.85. The molecule has 0 aliphatic heterocycles. The van der Waals surface area contributed by atoms with Gasteiger partial charge in [0.05, 0.1) is 13.2 Å². The molecule has 6 N–H and O–H groups in total. The zero-order chi connectivity index (χ0) is 49.8. The van der Waals surface area contributed by atoms with Crippen LogP contribution in [0.1, 0.15) is 181 Å². The van der Waals surface area contributed by atoms with Gasteiger partial charge in [-0.15, -0.1) is 0 Å². The number of esters is 1. The van der Waals surface area contributed by atoms with Gasteiger partial charge in [0.25, 0.3) is 0 Å². The van der Waals surface area contributed by atoms with Crippen molar-refractivity contribution in [1.82, 2.24) is 0 Å². The van der Waals surface area contributed by atoms with Crippen molar-refractivity contribution in [2.75, 3.05) is 19.8 Å². The number of carbonyl (C=O) groups is 1. The van der Waals surface area contributed by atoms with Gasteiger partial charge >= 0.3 is 13.8 Å². The summed E-state index contributed by atoms with van der Waals surface area (Å²) in [4.78, 5) is 23.2. The Morgan fingerprint density at radius 2 is 0.868 bits per heavy atom. The smallest absolute Gasteiger partial charge is 0.457 e. The van der Waals surface area contributed by atoms with Crippen LogP contribution < -0.4 is 0 Å². The number of phosphoric acid groups is 1. The standard InChI is InChI=1S/C55H93O12P/c1-3-5-7-9-11-13-15-17-19-21-23-24-25-26-27-28-30-32-34-36-38-40-42-44-49(56)66-48(47-65-68(62,63)67-55-53(60)51(58)50(57)52(59)54(55)61)46-64-45-43-41-39-37-35-33-31-29-22-20-18-16-14-12-10-8-6-4-2/h5,7,11,13,17-20,23-24,26-27,30,32,36,38,48,50-55,57-61H,3-4,6,8-10,12,14-16,21-22,25,28-29,31,33-35,37,39-47H2,1-2H3,(H,62,63)/b7-5-,13-11-,19-17-,20-18-,24-23-,27-26-,32-30-,38-36-. The second-order valence-corrected chi connectivity index (χ2v) is 19.0. The zero-order valence-corrected chi connectivity index (χ0v) is 42.8. The maximum absolute atomic E-state index is 12.9. The Bertz CT molecular complexity index is 1490. The molecule has 12 nitrogen and oxygen atoms in total. The first-order valence-electron chi connectivity index (χ1n) is 26.1. The predicted molar refractivity (Wildman–Crippen MR) is 276 cm³/mol. The molecule has 1 saturated carbocycles. The minimum atomic E-state index is -5.05. The molecule has 6 unspecified atom stereocenters. The number of hydrogen-bond acceptors (Lipinski definition) is 11. The fourth-order valence-corrected chi connectivity index (χ4v) is 8.31. The first-order chi connectivity index (χ1) is 33.0. The summed E-state index contributed by atoms with van der Waals surface area (Å²) in [5.41, 5.74) is 0. The monoisotopic (exact) mass is 977 g/mol. The Labute approximate surface area is 411 Å². The van der Waals surface area contributed by atoms with E-state index in [0.717, 1.165) is 77.0 Å². The minimum Gasteiger partial charge on any atom is -0.457 e. The maximum Gasteiger partial charge on any atom is 0.472 e. The van der Waals surface area contributed by atoms with Gasteiger partial charge in [-0.3, -0.25) is 13.8 Å². The second kappa shape index (κ2) is 44.2. The van der Waals surface area contributed by atoms with Crippen LogP contribution >= 0.6 is 7.82 Å². The molecule has 68 heavy (non-hydrogen) atoms. The van der Waals surface area contributed by atoms with E-state index in [4.69, 9.17) is 18.5 Å². The van der Waals surface area contributed by atoms with E-state index < -0.39 is 63.1 Å². The normalized spacial score (nSPS) is 21.9. The van der Waals surface area contributed by atoms with E-state index in [1.54, 1.807) is 0 Å². The second-order valence-electron chi connectivity index (χ2n) is 17.6. The van der Waals surface area contributed by atoms with Crippen LogP contribution in [0.15, 0.2) is 97.2 Å². The summed E-state index contributed by atoms with van der Waals surface area (Å²) in [6.07, 6.45) is 49.0. The molecule has 0 bridgehead atoms. The summed E-state index contributed by atoms with van der Waals surface area (Å²) in [5, 5.41) is 50.3. The molecule has 0 aromatic heterocycles. The van der Waals surface area contributed by atoms with Crippen LogP contribution in [-0.2, 0) is 27.9 Å². The highest BCUT2D eigenvalue weighted by molar-refractivity contribution is 7.47. The molecule has 13 heteroatoms. The molecule has 6 atom stereocenters. The van der Waals surface area contributed by atoms with E-state index in [0.29, 0.717) is 19.4 Å². The van der Waals surface area contributed by atoms with Crippen LogP contribution in [0, 0.1) is 0 Å². The molecule has 0 radical (unpaired) electrons. The highest BCUT2D eigenvalue weighted by Crippen LogP contribution is 2.47. The first kappa shape index (κ1) is 63.3. The van der Waals surface area contributed by atoms with Crippen LogP contribution in [0.3, 0.4) is 0 Å². The Balaban J connectivity index is 2.40. The fourth-order valence-electron chi connectivity index (χ4n) is 7.34. The van der Waals surface area contributed by atoms with Gasteiger partial charge in [-0.1, -0.05) is 182 Å². The third-order valence-corrected chi connectivity index (χ3v) is 12.4. The average molecular weight is 977 g/mol. The number of hydrogen-bond donors (Lipinski definition) is 6. The third kappa shape index (κ3) is 35.4. The van der Waals surface area contributed by atoms with Crippen molar-refractivity contribution in [3.63, 3.8) is 0 Å². The van der Waals surface area contributed by atoms with Gasteiger partial charge in [-0.25, -0.2) is 4.57 Å². The molecule has 0 heterocycles. The number of aliphatic hydroxyl groups excluding tert-OH is 5. The van der Waals surface area contributed by atoms with Crippen molar-refractivity contribution in [2.45, 2.75) is 224 Å². The van der Waals surface area contributed by atoms with E-state index >= 15 is 0 Å². The van der Waals surface area contributed by atoms with Crippen molar-refractivity contribution in [3.05, 3.63) is 97.2 Å². The van der Waals surface area contributed by atoms with Gasteiger partial charge < -0.3 is 39.9 Å². The number of phosphoric ester groups is 1. The molecule has 0 spiro atoms. The lowest BCUT2D eigenvalue weighted by molar-refractivity contribution is -0.220. The van der Waals surface area contributed by atoms with Crippen molar-refractivity contribution in [3.8, 4) is 0 Å². The Morgan fingerprint density at radius 3 is 1.34 bits per heavy atom. The van der Waals surface area contributed by atoms with Gasteiger partial charge in [-0.05, 0) is 89.9 Å².